The molecule has 2 aromatic rings. The van der Waals surface area contributed by atoms with Gasteiger partial charge in [0.05, 0.1) is 0 Å². The summed E-state index contributed by atoms with van der Waals surface area (Å²) < 4.78 is 0. The topological polar surface area (TPSA) is 20.2 Å². The fourth-order valence-electron chi connectivity index (χ4n) is 1.61. The molecule has 0 saturated heterocycles. The Bertz CT molecular complexity index is 559. The Morgan fingerprint density at radius 3 is 2.00 bits per heavy atom. The molecule has 0 heterocycles. The molecule has 0 atom stereocenters. The molecule has 0 spiro atoms. The van der Waals surface area contributed by atoms with Crippen LogP contribution >= 0.6 is 15.9 Å². The van der Waals surface area contributed by atoms with Gasteiger partial charge in [0.15, 0.2) is 0 Å². The lowest BCUT2D eigenvalue weighted by atomic mass is 10.0. The standard InChI is InChI=1S/C16H13BrO/c17-12-2-1-3-13-4-6-14(7-5-13)15-8-10-16(18)11-9-15/h4-11,18H,2,12H2. The Kier molecular flexibility index (Phi) is 4.44. The molecule has 0 aliphatic rings. The van der Waals surface area contributed by atoms with Gasteiger partial charge in [0.2, 0.25) is 0 Å². The van der Waals surface area contributed by atoms with Crippen molar-refractivity contribution >= 4 is 15.9 Å². The first-order valence-corrected chi connectivity index (χ1v) is 6.86. The van der Waals surface area contributed by atoms with Crippen molar-refractivity contribution in [3.8, 4) is 28.7 Å². The number of aromatic hydroxyl groups is 1. The monoisotopic (exact) mass is 300 g/mol. The number of hydrogen-bond donors (Lipinski definition) is 1. The average molecular weight is 301 g/mol. The molecule has 2 rings (SSSR count). The van der Waals surface area contributed by atoms with Crippen molar-refractivity contribution in [3.05, 3.63) is 54.1 Å². The van der Waals surface area contributed by atoms with Crippen LogP contribution in [-0.2, 0) is 0 Å². The Morgan fingerprint density at radius 2 is 1.44 bits per heavy atom. The van der Waals surface area contributed by atoms with Crippen LogP contribution in [0.2, 0.25) is 0 Å². The summed E-state index contributed by atoms with van der Waals surface area (Å²) in [5, 5.41) is 10.2. The van der Waals surface area contributed by atoms with Crippen LogP contribution in [0.15, 0.2) is 48.5 Å². The molecule has 1 nitrogen and oxygen atoms in total. The van der Waals surface area contributed by atoms with Crippen LogP contribution in [0.1, 0.15) is 12.0 Å². The summed E-state index contributed by atoms with van der Waals surface area (Å²) in [5.74, 6) is 6.49. The molecule has 0 radical (unpaired) electrons. The second-order valence-corrected chi connectivity index (χ2v) is 4.66. The minimum Gasteiger partial charge on any atom is -0.508 e. The summed E-state index contributed by atoms with van der Waals surface area (Å²) >= 11 is 3.35. The zero-order valence-electron chi connectivity index (χ0n) is 9.86. The molecule has 1 N–H and O–H groups in total. The van der Waals surface area contributed by atoms with Gasteiger partial charge in [-0.1, -0.05) is 52.0 Å². The van der Waals surface area contributed by atoms with Crippen molar-refractivity contribution < 1.29 is 5.11 Å². The van der Waals surface area contributed by atoms with Gasteiger partial charge in [-0.15, -0.1) is 0 Å². The maximum Gasteiger partial charge on any atom is 0.115 e. The number of alkyl halides is 1. The van der Waals surface area contributed by atoms with E-state index in [1.165, 1.54) is 0 Å². The first-order valence-electron chi connectivity index (χ1n) is 5.74. The summed E-state index contributed by atoms with van der Waals surface area (Å²) in [7, 11) is 0. The van der Waals surface area contributed by atoms with E-state index in [0.29, 0.717) is 0 Å². The van der Waals surface area contributed by atoms with Gasteiger partial charge in [0.1, 0.15) is 5.75 Å². The number of rotatable bonds is 2. The lowest BCUT2D eigenvalue weighted by Crippen LogP contribution is -1.79. The number of phenols is 1. The van der Waals surface area contributed by atoms with Gasteiger partial charge in [0, 0.05) is 17.3 Å². The zero-order chi connectivity index (χ0) is 12.8. The highest BCUT2D eigenvalue weighted by molar-refractivity contribution is 9.09. The van der Waals surface area contributed by atoms with Crippen LogP contribution < -0.4 is 0 Å². The summed E-state index contributed by atoms with van der Waals surface area (Å²) in [4.78, 5) is 0. The fraction of sp³-hybridized carbons (Fsp3) is 0.125. The minimum absolute atomic E-state index is 0.288. The van der Waals surface area contributed by atoms with Gasteiger partial charge in [0.25, 0.3) is 0 Å². The lowest BCUT2D eigenvalue weighted by Gasteiger charge is -2.01. The molecule has 0 aliphatic heterocycles. The second kappa shape index (κ2) is 6.28. The highest BCUT2D eigenvalue weighted by atomic mass is 79.9. The molecule has 0 aromatic heterocycles. The van der Waals surface area contributed by atoms with Gasteiger partial charge < -0.3 is 5.11 Å². The second-order valence-electron chi connectivity index (χ2n) is 3.86. The number of halogens is 1. The number of phenolic OH excluding ortho intramolecular Hbond substituents is 1. The van der Waals surface area contributed by atoms with Crippen molar-refractivity contribution in [3.63, 3.8) is 0 Å². The molecule has 18 heavy (non-hydrogen) atoms. The van der Waals surface area contributed by atoms with E-state index in [2.05, 4.69) is 27.8 Å². The first-order chi connectivity index (χ1) is 8.79. The van der Waals surface area contributed by atoms with E-state index in [0.717, 1.165) is 28.4 Å². The molecule has 2 heteroatoms. The quantitative estimate of drug-likeness (QED) is 0.651. The van der Waals surface area contributed by atoms with Crippen LogP contribution in [0.5, 0.6) is 5.75 Å². The summed E-state index contributed by atoms with van der Waals surface area (Å²) in [6.07, 6.45) is 0.861. The molecule has 0 saturated carbocycles. The molecule has 0 aliphatic carbocycles. The third-order valence-electron chi connectivity index (χ3n) is 2.54. The summed E-state index contributed by atoms with van der Waals surface area (Å²) in [5.41, 5.74) is 3.24. The molecule has 0 fully saturated rings. The van der Waals surface area contributed by atoms with Gasteiger partial charge >= 0.3 is 0 Å². The molecular formula is C16H13BrO. The summed E-state index contributed by atoms with van der Waals surface area (Å²) in [6.45, 7) is 0. The van der Waals surface area contributed by atoms with E-state index in [1.807, 2.05) is 36.4 Å². The van der Waals surface area contributed by atoms with Crippen molar-refractivity contribution in [2.45, 2.75) is 6.42 Å². The van der Waals surface area contributed by atoms with E-state index in [-0.39, 0.29) is 5.75 Å². The van der Waals surface area contributed by atoms with E-state index in [1.54, 1.807) is 12.1 Å². The Morgan fingerprint density at radius 1 is 0.889 bits per heavy atom. The fourth-order valence-corrected chi connectivity index (χ4v) is 1.81. The predicted octanol–water partition coefficient (Wildman–Crippen LogP) is 4.20. The molecule has 2 aromatic carbocycles. The van der Waals surface area contributed by atoms with Gasteiger partial charge in [-0.05, 0) is 35.4 Å². The van der Waals surface area contributed by atoms with E-state index < -0.39 is 0 Å². The molecule has 0 amide bonds. The van der Waals surface area contributed by atoms with Crippen molar-refractivity contribution in [2.24, 2.45) is 0 Å². The smallest absolute Gasteiger partial charge is 0.115 e. The Hall–Kier alpha value is -1.72. The average Bonchev–Trinajstić information content (AvgIpc) is 2.41. The molecule has 0 bridgehead atoms. The highest BCUT2D eigenvalue weighted by Gasteiger charge is 1.97. The van der Waals surface area contributed by atoms with Gasteiger partial charge in [-0.2, -0.15) is 0 Å². The summed E-state index contributed by atoms with van der Waals surface area (Å²) in [6, 6.07) is 15.3. The number of hydrogen-bond acceptors (Lipinski definition) is 1. The van der Waals surface area contributed by atoms with Crippen LogP contribution in [0.25, 0.3) is 11.1 Å². The van der Waals surface area contributed by atoms with Crippen LogP contribution in [0.4, 0.5) is 0 Å². The van der Waals surface area contributed by atoms with E-state index in [9.17, 15) is 5.11 Å². The third-order valence-corrected chi connectivity index (χ3v) is 2.93. The van der Waals surface area contributed by atoms with Crippen LogP contribution in [-0.4, -0.2) is 10.4 Å². The maximum absolute atomic E-state index is 9.25. The zero-order valence-corrected chi connectivity index (χ0v) is 11.4. The van der Waals surface area contributed by atoms with Crippen molar-refractivity contribution in [1.29, 1.82) is 0 Å². The largest absolute Gasteiger partial charge is 0.508 e. The lowest BCUT2D eigenvalue weighted by molar-refractivity contribution is 0.475. The van der Waals surface area contributed by atoms with Crippen LogP contribution in [0, 0.1) is 11.8 Å². The third kappa shape index (κ3) is 3.38. The maximum atomic E-state index is 9.25. The highest BCUT2D eigenvalue weighted by Crippen LogP contribution is 2.21. The van der Waals surface area contributed by atoms with Crippen molar-refractivity contribution in [2.75, 3.05) is 5.33 Å². The van der Waals surface area contributed by atoms with Crippen molar-refractivity contribution in [1.82, 2.24) is 0 Å². The predicted molar refractivity (Wildman–Crippen MR) is 78.8 cm³/mol. The minimum atomic E-state index is 0.288. The Labute approximate surface area is 116 Å². The van der Waals surface area contributed by atoms with Crippen LogP contribution in [0.3, 0.4) is 0 Å². The van der Waals surface area contributed by atoms with E-state index in [4.69, 9.17) is 0 Å². The molecular weight excluding hydrogens is 288 g/mol. The van der Waals surface area contributed by atoms with Gasteiger partial charge in [-0.25, -0.2) is 0 Å². The first kappa shape index (κ1) is 12.7. The van der Waals surface area contributed by atoms with Gasteiger partial charge in [-0.3, -0.25) is 0 Å². The molecule has 0 unspecified atom stereocenters. The molecule has 90 valence electrons. The Balaban J connectivity index is 2.18. The SMILES string of the molecule is Oc1ccc(-c2ccc(C#CCCBr)cc2)cc1. The number of benzene rings is 2. The normalized spacial score (nSPS) is 9.61. The van der Waals surface area contributed by atoms with E-state index >= 15 is 0 Å².